The molecule has 0 aliphatic carbocycles. The highest BCUT2D eigenvalue weighted by molar-refractivity contribution is 5.74. The number of methoxy groups -OCH3 is 1. The lowest BCUT2D eigenvalue weighted by molar-refractivity contribution is -0.276. The Kier molecular flexibility index (Phi) is 4.69. The molecule has 10 heteroatoms. The molecule has 0 amide bonds. The summed E-state index contributed by atoms with van der Waals surface area (Å²) in [7, 11) is 0.954. The second kappa shape index (κ2) is 5.88. The Hall–Kier alpha value is -2.13. The first-order valence-corrected chi connectivity index (χ1v) is 4.97. The van der Waals surface area contributed by atoms with E-state index in [-0.39, 0.29) is 0 Å². The summed E-state index contributed by atoms with van der Waals surface area (Å²) in [6.07, 6.45) is -9.05. The van der Waals surface area contributed by atoms with Crippen molar-refractivity contribution in [3.63, 3.8) is 0 Å². The van der Waals surface area contributed by atoms with Gasteiger partial charge in [-0.1, -0.05) is 0 Å². The highest BCUT2D eigenvalue weighted by Crippen LogP contribution is 2.37. The fourth-order valence-electron chi connectivity index (χ4n) is 1.35. The minimum Gasteiger partial charge on any atom is -0.506 e. The van der Waals surface area contributed by atoms with Crippen molar-refractivity contribution in [2.75, 3.05) is 7.11 Å². The van der Waals surface area contributed by atoms with Crippen LogP contribution in [-0.4, -0.2) is 29.5 Å². The molecule has 0 unspecified atom stereocenters. The normalized spacial score (nSPS) is 11.6. The fourth-order valence-corrected chi connectivity index (χ4v) is 1.35. The van der Waals surface area contributed by atoms with E-state index in [9.17, 15) is 31.9 Å². The number of carbonyl (C=O) groups is 1. The number of aromatic nitrogens is 1. The molecule has 0 saturated carbocycles. The van der Waals surface area contributed by atoms with Crippen molar-refractivity contribution in [3.05, 3.63) is 17.3 Å². The van der Waals surface area contributed by atoms with Crippen molar-refractivity contribution in [1.29, 1.82) is 0 Å². The molecule has 0 radical (unpaired) electrons. The standard InChI is InChI=1S/C10H8F5NO4/c1-19-6(18)2-4-5(17)3-16-9(7(4)8(11)12)20-10(13,14)15/h3,8,17H,2H2,1H3. The van der Waals surface area contributed by atoms with Crippen molar-refractivity contribution in [2.24, 2.45) is 0 Å². The zero-order valence-electron chi connectivity index (χ0n) is 9.87. The lowest BCUT2D eigenvalue weighted by atomic mass is 10.1. The zero-order valence-corrected chi connectivity index (χ0v) is 9.87. The van der Waals surface area contributed by atoms with Crippen LogP contribution in [0.3, 0.4) is 0 Å². The van der Waals surface area contributed by atoms with Crippen molar-refractivity contribution in [2.45, 2.75) is 19.2 Å². The summed E-state index contributed by atoms with van der Waals surface area (Å²) in [4.78, 5) is 14.0. The molecule has 0 bridgehead atoms. The highest BCUT2D eigenvalue weighted by Gasteiger charge is 2.36. The number of esters is 1. The second-order valence-electron chi connectivity index (χ2n) is 3.44. The zero-order chi connectivity index (χ0) is 15.5. The number of alkyl halides is 5. The molecule has 1 rings (SSSR count). The Morgan fingerprint density at radius 2 is 2.05 bits per heavy atom. The lowest BCUT2D eigenvalue weighted by Gasteiger charge is -2.15. The summed E-state index contributed by atoms with van der Waals surface area (Å²) >= 11 is 0. The van der Waals surface area contributed by atoms with Gasteiger partial charge in [0.1, 0.15) is 5.75 Å². The van der Waals surface area contributed by atoms with E-state index >= 15 is 0 Å². The highest BCUT2D eigenvalue weighted by atomic mass is 19.4. The number of hydrogen-bond donors (Lipinski definition) is 1. The first-order chi connectivity index (χ1) is 9.15. The van der Waals surface area contributed by atoms with Gasteiger partial charge in [0.15, 0.2) is 0 Å². The number of ether oxygens (including phenoxy) is 2. The maximum atomic E-state index is 12.8. The van der Waals surface area contributed by atoms with Crippen LogP contribution in [0.5, 0.6) is 11.6 Å². The molecule has 0 atom stereocenters. The first kappa shape index (κ1) is 15.9. The van der Waals surface area contributed by atoms with E-state index in [0.29, 0.717) is 6.20 Å². The van der Waals surface area contributed by atoms with Crippen LogP contribution < -0.4 is 4.74 Å². The van der Waals surface area contributed by atoms with Crippen LogP contribution >= 0.6 is 0 Å². The summed E-state index contributed by atoms with van der Waals surface area (Å²) < 4.78 is 69.5. The van der Waals surface area contributed by atoms with E-state index in [4.69, 9.17) is 0 Å². The molecule has 0 aromatic carbocycles. The maximum absolute atomic E-state index is 12.8. The number of hydrogen-bond acceptors (Lipinski definition) is 5. The van der Waals surface area contributed by atoms with Crippen molar-refractivity contribution >= 4 is 5.97 Å². The average Bonchev–Trinajstić information content (AvgIpc) is 2.30. The van der Waals surface area contributed by atoms with Gasteiger partial charge in [-0.3, -0.25) is 4.79 Å². The molecule has 0 spiro atoms. The van der Waals surface area contributed by atoms with Crippen LogP contribution in [0.25, 0.3) is 0 Å². The molecule has 0 fully saturated rings. The molecule has 1 heterocycles. The summed E-state index contributed by atoms with van der Waals surface area (Å²) in [5, 5.41) is 9.37. The number of pyridine rings is 1. The van der Waals surface area contributed by atoms with E-state index in [0.717, 1.165) is 7.11 Å². The van der Waals surface area contributed by atoms with E-state index in [1.807, 2.05) is 0 Å². The monoisotopic (exact) mass is 301 g/mol. The van der Waals surface area contributed by atoms with Crippen LogP contribution in [-0.2, 0) is 16.0 Å². The van der Waals surface area contributed by atoms with Crippen LogP contribution in [0.4, 0.5) is 22.0 Å². The van der Waals surface area contributed by atoms with E-state index < -0.39 is 47.9 Å². The smallest absolute Gasteiger partial charge is 0.506 e. The summed E-state index contributed by atoms with van der Waals surface area (Å²) in [6.45, 7) is 0. The molecule has 112 valence electrons. The Morgan fingerprint density at radius 1 is 1.45 bits per heavy atom. The number of nitrogens with zero attached hydrogens (tertiary/aromatic N) is 1. The Balaban J connectivity index is 3.33. The van der Waals surface area contributed by atoms with Gasteiger partial charge in [0, 0.05) is 5.56 Å². The van der Waals surface area contributed by atoms with Gasteiger partial charge in [0.05, 0.1) is 25.3 Å². The summed E-state index contributed by atoms with van der Waals surface area (Å²) in [5.41, 5.74) is -2.05. The van der Waals surface area contributed by atoms with Gasteiger partial charge in [-0.15, -0.1) is 13.2 Å². The van der Waals surface area contributed by atoms with Crippen LogP contribution in [0.1, 0.15) is 17.6 Å². The van der Waals surface area contributed by atoms with Crippen molar-refractivity contribution < 1.29 is 41.3 Å². The van der Waals surface area contributed by atoms with E-state index in [1.165, 1.54) is 0 Å². The maximum Gasteiger partial charge on any atom is 0.574 e. The molecule has 5 nitrogen and oxygen atoms in total. The van der Waals surface area contributed by atoms with Gasteiger partial charge >= 0.3 is 12.3 Å². The molecular formula is C10H8F5NO4. The second-order valence-corrected chi connectivity index (χ2v) is 3.44. The van der Waals surface area contributed by atoms with E-state index in [1.54, 1.807) is 0 Å². The Bertz CT molecular complexity index is 503. The average molecular weight is 301 g/mol. The van der Waals surface area contributed by atoms with E-state index in [2.05, 4.69) is 14.5 Å². The molecule has 0 aliphatic rings. The van der Waals surface area contributed by atoms with Gasteiger partial charge in [-0.05, 0) is 0 Å². The molecule has 20 heavy (non-hydrogen) atoms. The predicted molar refractivity (Wildman–Crippen MR) is 53.3 cm³/mol. The fraction of sp³-hybridized carbons (Fsp3) is 0.400. The SMILES string of the molecule is COC(=O)Cc1c(O)cnc(OC(F)(F)F)c1C(F)F. The molecule has 0 saturated heterocycles. The minimum atomic E-state index is -5.24. The Labute approximate surface area is 108 Å². The molecular weight excluding hydrogens is 293 g/mol. The topological polar surface area (TPSA) is 68.7 Å². The van der Waals surface area contributed by atoms with Gasteiger partial charge in [0.2, 0.25) is 5.88 Å². The van der Waals surface area contributed by atoms with Gasteiger partial charge in [-0.25, -0.2) is 13.8 Å². The quantitative estimate of drug-likeness (QED) is 0.683. The number of rotatable bonds is 4. The Morgan fingerprint density at radius 3 is 2.50 bits per heavy atom. The predicted octanol–water partition coefficient (Wildman–Crippen LogP) is 2.34. The lowest BCUT2D eigenvalue weighted by Crippen LogP contribution is -2.20. The number of halogens is 5. The van der Waals surface area contributed by atoms with Crippen molar-refractivity contribution in [1.82, 2.24) is 4.98 Å². The van der Waals surface area contributed by atoms with Gasteiger partial charge in [0.25, 0.3) is 6.43 Å². The molecule has 1 N–H and O–H groups in total. The third kappa shape index (κ3) is 3.93. The molecule has 1 aromatic heterocycles. The van der Waals surface area contributed by atoms with Gasteiger partial charge < -0.3 is 14.6 Å². The van der Waals surface area contributed by atoms with Gasteiger partial charge in [-0.2, -0.15) is 0 Å². The largest absolute Gasteiger partial charge is 0.574 e. The molecule has 0 aliphatic heterocycles. The minimum absolute atomic E-state index is 0.477. The first-order valence-electron chi connectivity index (χ1n) is 4.97. The number of carbonyl (C=O) groups excluding carboxylic acids is 1. The third-order valence-electron chi connectivity index (χ3n) is 2.15. The number of aromatic hydroxyl groups is 1. The third-order valence-corrected chi connectivity index (χ3v) is 2.15. The van der Waals surface area contributed by atoms with Crippen LogP contribution in [0, 0.1) is 0 Å². The summed E-state index contributed by atoms with van der Waals surface area (Å²) in [6, 6.07) is 0. The summed E-state index contributed by atoms with van der Waals surface area (Å²) in [5.74, 6) is -3.31. The molecule has 1 aromatic rings. The van der Waals surface area contributed by atoms with Crippen molar-refractivity contribution in [3.8, 4) is 11.6 Å². The van der Waals surface area contributed by atoms with Crippen LogP contribution in [0.2, 0.25) is 0 Å². The van der Waals surface area contributed by atoms with Crippen LogP contribution in [0.15, 0.2) is 6.20 Å².